The molecule has 3 aromatic carbocycles. The van der Waals surface area contributed by atoms with Crippen LogP contribution >= 0.6 is 0 Å². The van der Waals surface area contributed by atoms with E-state index in [1.54, 1.807) is 0 Å². The first-order chi connectivity index (χ1) is 20.2. The van der Waals surface area contributed by atoms with Crippen molar-refractivity contribution in [2.45, 2.75) is 38.9 Å². The van der Waals surface area contributed by atoms with Gasteiger partial charge in [0, 0.05) is 75.7 Å². The van der Waals surface area contributed by atoms with Crippen molar-refractivity contribution >= 4 is 23.0 Å². The predicted molar refractivity (Wildman–Crippen MR) is 163 cm³/mol. The molecule has 8 nitrogen and oxygen atoms in total. The van der Waals surface area contributed by atoms with Gasteiger partial charge in [-0.1, -0.05) is 49.9 Å². The molecule has 0 bridgehead atoms. The number of piperazine rings is 1. The van der Waals surface area contributed by atoms with Gasteiger partial charge >= 0.3 is 6.18 Å². The lowest BCUT2D eigenvalue weighted by atomic mass is 10.0. The van der Waals surface area contributed by atoms with Gasteiger partial charge in [-0.2, -0.15) is 13.2 Å². The normalized spacial score (nSPS) is 16.4. The van der Waals surface area contributed by atoms with Gasteiger partial charge in [-0.25, -0.2) is 0 Å². The zero-order valence-corrected chi connectivity index (χ0v) is 23.2. The molecule has 1 amide bonds. The van der Waals surface area contributed by atoms with Crippen LogP contribution < -0.4 is 10.2 Å². The Kier molecular flexibility index (Phi) is 10.3. The molecular formula is C32H38F3N5O3. The maximum atomic E-state index is 13.3. The van der Waals surface area contributed by atoms with Gasteiger partial charge in [0.1, 0.15) is 5.56 Å². The van der Waals surface area contributed by atoms with Crippen LogP contribution in [0, 0.1) is 10.1 Å². The zero-order chi connectivity index (χ0) is 29.7. The van der Waals surface area contributed by atoms with E-state index in [4.69, 9.17) is 0 Å². The minimum atomic E-state index is -4.82. The van der Waals surface area contributed by atoms with Crippen LogP contribution in [0.3, 0.4) is 0 Å². The lowest BCUT2D eigenvalue weighted by Crippen LogP contribution is -2.48. The number of nitro groups is 1. The Morgan fingerprint density at radius 2 is 1.51 bits per heavy atom. The molecule has 43 heavy (non-hydrogen) atoms. The number of carbonyl (C=O) groups excluding carboxylic acids is 1. The van der Waals surface area contributed by atoms with E-state index in [2.05, 4.69) is 51.5 Å². The first-order valence-electron chi connectivity index (χ1n) is 14.2. The molecule has 2 fully saturated rings. The molecule has 1 N–H and O–H groups in total. The topological polar surface area (TPSA) is 82.0 Å². The number of piperidine rings is 1. The minimum Gasteiger partial charge on any atom is -0.382 e. The summed E-state index contributed by atoms with van der Waals surface area (Å²) in [5.41, 5.74) is 1.54. The van der Waals surface area contributed by atoms with E-state index in [0.717, 1.165) is 38.3 Å². The first-order valence-corrected chi connectivity index (χ1v) is 14.2. The summed E-state index contributed by atoms with van der Waals surface area (Å²) in [5, 5.41) is 14.0. The van der Waals surface area contributed by atoms with Crippen molar-refractivity contribution in [2.75, 3.05) is 56.0 Å². The van der Waals surface area contributed by atoms with Gasteiger partial charge in [-0.15, -0.1) is 0 Å². The first kappa shape index (κ1) is 31.8. The van der Waals surface area contributed by atoms with Crippen molar-refractivity contribution in [3.63, 3.8) is 0 Å². The molecule has 230 valence electrons. The number of nitrogens with one attached hydrogen (secondary N) is 1. The second-order valence-electron chi connectivity index (χ2n) is 10.8. The molecule has 0 radical (unpaired) electrons. The van der Waals surface area contributed by atoms with Crippen LogP contribution in [-0.2, 0) is 11.0 Å². The highest BCUT2D eigenvalue weighted by Gasteiger charge is 2.38. The Morgan fingerprint density at radius 1 is 0.884 bits per heavy atom. The lowest BCUT2D eigenvalue weighted by molar-refractivity contribution is -0.388. The number of amides is 1. The number of benzene rings is 3. The van der Waals surface area contributed by atoms with Gasteiger partial charge in [0.15, 0.2) is 0 Å². The maximum Gasteiger partial charge on any atom is 0.423 e. The van der Waals surface area contributed by atoms with E-state index in [1.807, 2.05) is 23.1 Å². The third kappa shape index (κ3) is 8.04. The van der Waals surface area contributed by atoms with E-state index in [9.17, 15) is 28.1 Å². The fourth-order valence-corrected chi connectivity index (χ4v) is 5.66. The molecule has 2 heterocycles. The molecular weight excluding hydrogens is 559 g/mol. The molecule has 0 aliphatic carbocycles. The van der Waals surface area contributed by atoms with Crippen molar-refractivity contribution in [1.29, 1.82) is 0 Å². The molecule has 0 spiro atoms. The second kappa shape index (κ2) is 13.9. The number of likely N-dealkylation sites (tertiary alicyclic amines) is 1. The van der Waals surface area contributed by atoms with Gasteiger partial charge in [0.2, 0.25) is 5.91 Å². The molecule has 2 saturated heterocycles. The number of nitro benzene ring substituents is 1. The molecule has 2 aliphatic rings. The summed E-state index contributed by atoms with van der Waals surface area (Å²) in [6, 6.07) is 21.8. The molecule has 0 atom stereocenters. The fourth-order valence-electron chi connectivity index (χ4n) is 5.66. The summed E-state index contributed by atoms with van der Waals surface area (Å²) in [6.07, 6.45) is -3.21. The summed E-state index contributed by atoms with van der Waals surface area (Å²) in [6.45, 7) is 5.29. The van der Waals surface area contributed by atoms with Crippen molar-refractivity contribution < 1.29 is 22.9 Å². The van der Waals surface area contributed by atoms with E-state index in [1.165, 1.54) is 22.9 Å². The summed E-state index contributed by atoms with van der Waals surface area (Å²) in [5.74, 6) is 0.0853. The summed E-state index contributed by atoms with van der Waals surface area (Å²) < 4.78 is 39.9. The molecule has 5 rings (SSSR count). The lowest BCUT2D eigenvalue weighted by Gasteiger charge is -2.37. The van der Waals surface area contributed by atoms with Crippen LogP contribution in [0.1, 0.15) is 32.3 Å². The van der Waals surface area contributed by atoms with Gasteiger partial charge in [-0.3, -0.25) is 19.8 Å². The minimum absolute atomic E-state index is 0. The number of hydrogen-bond acceptors (Lipinski definition) is 6. The van der Waals surface area contributed by atoms with Crippen molar-refractivity contribution in [1.82, 2.24) is 9.80 Å². The third-order valence-corrected chi connectivity index (χ3v) is 8.07. The van der Waals surface area contributed by atoms with Crippen LogP contribution in [0.5, 0.6) is 0 Å². The number of halogens is 3. The summed E-state index contributed by atoms with van der Waals surface area (Å²) in [7, 11) is 0. The summed E-state index contributed by atoms with van der Waals surface area (Å²) in [4.78, 5) is 29.3. The van der Waals surface area contributed by atoms with Crippen LogP contribution in [-0.4, -0.2) is 72.5 Å². The molecule has 3 aromatic rings. The van der Waals surface area contributed by atoms with E-state index >= 15 is 0 Å². The largest absolute Gasteiger partial charge is 0.423 e. The van der Waals surface area contributed by atoms with Gasteiger partial charge < -0.3 is 15.1 Å². The predicted octanol–water partition coefficient (Wildman–Crippen LogP) is 6.53. The SMILES string of the molecule is C.O=C(CCN1CCN(c2ccc(-c3ccccc3)cc2)CC1)N1CCC(Nc2ccc([N+](=O)[O-])c(C(F)(F)F)c2)CC1. The number of nitrogens with zero attached hydrogens (tertiary/aromatic N) is 4. The Morgan fingerprint density at radius 3 is 2.12 bits per heavy atom. The Labute approximate surface area is 250 Å². The van der Waals surface area contributed by atoms with Crippen LogP contribution in [0.4, 0.5) is 30.2 Å². The van der Waals surface area contributed by atoms with Crippen molar-refractivity contribution in [3.8, 4) is 11.1 Å². The van der Waals surface area contributed by atoms with Crippen molar-refractivity contribution in [3.05, 3.63) is 88.5 Å². The quantitative estimate of drug-likeness (QED) is 0.235. The van der Waals surface area contributed by atoms with Crippen LogP contribution in [0.15, 0.2) is 72.8 Å². The Bertz CT molecular complexity index is 1370. The van der Waals surface area contributed by atoms with Gasteiger partial charge in [0.25, 0.3) is 5.69 Å². The maximum absolute atomic E-state index is 13.3. The molecule has 0 unspecified atom stereocenters. The van der Waals surface area contributed by atoms with Crippen LogP contribution in [0.2, 0.25) is 0 Å². The van der Waals surface area contributed by atoms with Crippen LogP contribution in [0.25, 0.3) is 11.1 Å². The van der Waals surface area contributed by atoms with Gasteiger partial charge in [0.05, 0.1) is 4.92 Å². The fraction of sp³-hybridized carbons (Fsp3) is 0.406. The number of rotatable bonds is 8. The Hall–Kier alpha value is -4.12. The Balaban J connectivity index is 0.00000423. The third-order valence-electron chi connectivity index (χ3n) is 8.07. The standard InChI is InChI=1S/C31H34F3N5O3.CH4/c32-31(33,34)28-22-26(8-11-29(28)39(41)42)35-25-12-16-38(17-13-25)30(40)14-15-36-18-20-37(21-19-36)27-9-6-24(7-10-27)23-4-2-1-3-5-23;/h1-11,22,25,35H,12-21H2;1H4. The van der Waals surface area contributed by atoms with Crippen molar-refractivity contribution in [2.24, 2.45) is 0 Å². The zero-order valence-electron chi connectivity index (χ0n) is 23.2. The van der Waals surface area contributed by atoms with E-state index in [-0.39, 0.29) is 25.1 Å². The number of hydrogen-bond donors (Lipinski definition) is 1. The molecule has 2 aliphatic heterocycles. The summed E-state index contributed by atoms with van der Waals surface area (Å²) >= 11 is 0. The average Bonchev–Trinajstić information content (AvgIpc) is 3.00. The highest BCUT2D eigenvalue weighted by Crippen LogP contribution is 2.38. The monoisotopic (exact) mass is 597 g/mol. The second-order valence-corrected chi connectivity index (χ2v) is 10.8. The highest BCUT2D eigenvalue weighted by atomic mass is 19.4. The number of carbonyl (C=O) groups is 1. The molecule has 11 heteroatoms. The smallest absolute Gasteiger partial charge is 0.382 e. The highest BCUT2D eigenvalue weighted by molar-refractivity contribution is 5.76. The molecule has 0 aromatic heterocycles. The van der Waals surface area contributed by atoms with E-state index < -0.39 is 22.4 Å². The molecule has 0 saturated carbocycles. The number of anilines is 2. The van der Waals surface area contributed by atoms with E-state index in [0.29, 0.717) is 38.9 Å². The average molecular weight is 598 g/mol. The van der Waals surface area contributed by atoms with Gasteiger partial charge in [-0.05, 0) is 48.2 Å². The number of alkyl halides is 3.